The molecule has 0 atom stereocenters. The first-order valence-corrected chi connectivity index (χ1v) is 5.95. The van der Waals surface area contributed by atoms with Crippen LogP contribution < -0.4 is 10.1 Å². The van der Waals surface area contributed by atoms with E-state index in [1.165, 1.54) is 0 Å². The van der Waals surface area contributed by atoms with Crippen molar-refractivity contribution in [2.24, 2.45) is 0 Å². The number of nitrogens with one attached hydrogen (secondary N) is 1. The molecule has 0 aliphatic heterocycles. The van der Waals surface area contributed by atoms with E-state index < -0.39 is 0 Å². The number of hydrogen-bond donors (Lipinski definition) is 1. The van der Waals surface area contributed by atoms with Crippen LogP contribution in [0.5, 0.6) is 6.01 Å². The summed E-state index contributed by atoms with van der Waals surface area (Å²) in [7, 11) is 1.55. The Bertz CT molecular complexity index is 308. The summed E-state index contributed by atoms with van der Waals surface area (Å²) in [5, 5.41) is 3.81. The number of ether oxygens (including phenoxy) is 1. The zero-order valence-corrected chi connectivity index (χ0v) is 10.1. The van der Waals surface area contributed by atoms with Gasteiger partial charge in [0.1, 0.15) is 0 Å². The number of thioether (sulfide) groups is 1. The lowest BCUT2D eigenvalue weighted by Gasteiger charge is -2.06. The molecule has 15 heavy (non-hydrogen) atoms. The lowest BCUT2D eigenvalue weighted by atomic mass is 10.5. The number of hydrogen-bond acceptors (Lipinski definition) is 6. The van der Waals surface area contributed by atoms with Gasteiger partial charge in [0.2, 0.25) is 5.95 Å². The van der Waals surface area contributed by atoms with Gasteiger partial charge in [-0.25, -0.2) is 0 Å². The minimum Gasteiger partial charge on any atom is -0.467 e. The molecule has 0 spiro atoms. The summed E-state index contributed by atoms with van der Waals surface area (Å²) in [6.45, 7) is 5.00. The number of rotatable bonds is 6. The van der Waals surface area contributed by atoms with E-state index in [9.17, 15) is 0 Å². The Balaban J connectivity index is 2.79. The van der Waals surface area contributed by atoms with Gasteiger partial charge in [0.25, 0.3) is 0 Å². The third-order valence-electron chi connectivity index (χ3n) is 1.58. The third-order valence-corrected chi connectivity index (χ3v) is 2.31. The van der Waals surface area contributed by atoms with Gasteiger partial charge in [0.15, 0.2) is 5.16 Å². The minimum absolute atomic E-state index is 0.361. The van der Waals surface area contributed by atoms with Crippen LogP contribution in [0.25, 0.3) is 0 Å². The van der Waals surface area contributed by atoms with Crippen molar-refractivity contribution in [2.75, 3.05) is 24.7 Å². The van der Waals surface area contributed by atoms with Gasteiger partial charge in [0.05, 0.1) is 7.11 Å². The van der Waals surface area contributed by atoms with Crippen LogP contribution in [0.3, 0.4) is 0 Å². The molecule has 0 amide bonds. The Morgan fingerprint density at radius 3 is 2.67 bits per heavy atom. The summed E-state index contributed by atoms with van der Waals surface area (Å²) < 4.78 is 5.01. The number of nitrogens with zero attached hydrogens (tertiary/aromatic N) is 3. The predicted octanol–water partition coefficient (Wildman–Crippen LogP) is 1.81. The summed E-state index contributed by atoms with van der Waals surface area (Å²) in [4.78, 5) is 12.5. The van der Waals surface area contributed by atoms with Gasteiger partial charge in [-0.2, -0.15) is 15.0 Å². The van der Waals surface area contributed by atoms with E-state index in [2.05, 4.69) is 34.1 Å². The summed E-state index contributed by atoms with van der Waals surface area (Å²) >= 11 is 1.57. The van der Waals surface area contributed by atoms with Crippen molar-refractivity contribution in [3.8, 4) is 6.01 Å². The highest BCUT2D eigenvalue weighted by atomic mass is 32.2. The van der Waals surface area contributed by atoms with Crippen molar-refractivity contribution in [2.45, 2.75) is 25.4 Å². The standard InChI is InChI=1S/C9H16N4OS/c1-4-6-10-7-11-8(14-3)13-9(12-7)15-5-2/h4-6H2,1-3H3,(H,10,11,12,13). The molecule has 0 fully saturated rings. The molecule has 84 valence electrons. The molecular formula is C9H16N4OS. The molecule has 1 rings (SSSR count). The van der Waals surface area contributed by atoms with Crippen molar-refractivity contribution >= 4 is 17.7 Å². The van der Waals surface area contributed by atoms with Crippen molar-refractivity contribution in [1.82, 2.24) is 15.0 Å². The average Bonchev–Trinajstić information content (AvgIpc) is 2.26. The number of methoxy groups -OCH3 is 1. The first kappa shape index (κ1) is 12.0. The van der Waals surface area contributed by atoms with Gasteiger partial charge in [-0.3, -0.25) is 0 Å². The zero-order chi connectivity index (χ0) is 11.1. The van der Waals surface area contributed by atoms with Crippen LogP contribution in [0.15, 0.2) is 5.16 Å². The lowest BCUT2D eigenvalue weighted by Crippen LogP contribution is -2.07. The molecule has 1 heterocycles. The highest BCUT2D eigenvalue weighted by Crippen LogP contribution is 2.16. The van der Waals surface area contributed by atoms with E-state index in [1.54, 1.807) is 18.9 Å². The van der Waals surface area contributed by atoms with Gasteiger partial charge in [0, 0.05) is 6.54 Å². The maximum Gasteiger partial charge on any atom is 0.321 e. The molecule has 0 aliphatic carbocycles. The summed E-state index contributed by atoms with van der Waals surface area (Å²) in [5.74, 6) is 1.51. The lowest BCUT2D eigenvalue weighted by molar-refractivity contribution is 0.373. The SMILES string of the molecule is CCCNc1nc(OC)nc(SCC)n1. The van der Waals surface area contributed by atoms with Crippen LogP contribution in [-0.4, -0.2) is 34.4 Å². The van der Waals surface area contributed by atoms with E-state index in [-0.39, 0.29) is 0 Å². The Hall–Kier alpha value is -1.04. The molecular weight excluding hydrogens is 212 g/mol. The fourth-order valence-corrected chi connectivity index (χ4v) is 1.49. The second kappa shape index (κ2) is 6.44. The summed E-state index contributed by atoms with van der Waals surface area (Å²) in [6.07, 6.45) is 1.03. The Kier molecular flexibility index (Phi) is 5.17. The first-order chi connectivity index (χ1) is 7.30. The van der Waals surface area contributed by atoms with Crippen LogP contribution in [-0.2, 0) is 0 Å². The van der Waals surface area contributed by atoms with Crippen molar-refractivity contribution in [1.29, 1.82) is 0 Å². The molecule has 1 aromatic rings. The van der Waals surface area contributed by atoms with E-state index in [1.807, 2.05) is 0 Å². The zero-order valence-electron chi connectivity index (χ0n) is 9.28. The van der Waals surface area contributed by atoms with E-state index in [4.69, 9.17) is 4.74 Å². The van der Waals surface area contributed by atoms with Gasteiger partial charge >= 0.3 is 6.01 Å². The molecule has 0 saturated heterocycles. The van der Waals surface area contributed by atoms with Gasteiger partial charge in [-0.05, 0) is 12.2 Å². The quantitative estimate of drug-likeness (QED) is 0.749. The molecule has 1 N–H and O–H groups in total. The van der Waals surface area contributed by atoms with Crippen LogP contribution in [0.1, 0.15) is 20.3 Å². The molecule has 0 aliphatic rings. The Labute approximate surface area is 94.1 Å². The van der Waals surface area contributed by atoms with Crippen LogP contribution in [0.4, 0.5) is 5.95 Å². The smallest absolute Gasteiger partial charge is 0.321 e. The Morgan fingerprint density at radius 1 is 1.27 bits per heavy atom. The molecule has 0 radical (unpaired) electrons. The second-order valence-corrected chi connectivity index (χ2v) is 4.02. The summed E-state index contributed by atoms with van der Waals surface area (Å²) in [5.41, 5.74) is 0. The highest BCUT2D eigenvalue weighted by Gasteiger charge is 2.05. The molecule has 6 heteroatoms. The molecule has 0 bridgehead atoms. The number of aromatic nitrogens is 3. The molecule has 0 saturated carbocycles. The van der Waals surface area contributed by atoms with Crippen molar-refractivity contribution < 1.29 is 4.74 Å². The molecule has 1 aromatic heterocycles. The molecule has 0 aromatic carbocycles. The largest absolute Gasteiger partial charge is 0.467 e. The summed E-state index contributed by atoms with van der Waals surface area (Å²) in [6, 6.07) is 0.361. The van der Waals surface area contributed by atoms with Crippen molar-refractivity contribution in [3.63, 3.8) is 0 Å². The van der Waals surface area contributed by atoms with E-state index in [0.29, 0.717) is 17.1 Å². The Morgan fingerprint density at radius 2 is 2.07 bits per heavy atom. The van der Waals surface area contributed by atoms with Crippen LogP contribution >= 0.6 is 11.8 Å². The normalized spacial score (nSPS) is 10.1. The molecule has 5 nitrogen and oxygen atoms in total. The molecule has 0 unspecified atom stereocenters. The third kappa shape index (κ3) is 3.91. The van der Waals surface area contributed by atoms with Gasteiger partial charge in [-0.1, -0.05) is 25.6 Å². The van der Waals surface area contributed by atoms with Gasteiger partial charge < -0.3 is 10.1 Å². The van der Waals surface area contributed by atoms with E-state index >= 15 is 0 Å². The number of anilines is 1. The average molecular weight is 228 g/mol. The van der Waals surface area contributed by atoms with Crippen LogP contribution in [0, 0.1) is 0 Å². The first-order valence-electron chi connectivity index (χ1n) is 4.96. The maximum atomic E-state index is 5.01. The monoisotopic (exact) mass is 228 g/mol. The predicted molar refractivity (Wildman–Crippen MR) is 61.6 cm³/mol. The van der Waals surface area contributed by atoms with Crippen molar-refractivity contribution in [3.05, 3.63) is 0 Å². The second-order valence-electron chi connectivity index (χ2n) is 2.79. The fraction of sp³-hybridized carbons (Fsp3) is 0.667. The van der Waals surface area contributed by atoms with Crippen LogP contribution in [0.2, 0.25) is 0 Å². The highest BCUT2D eigenvalue weighted by molar-refractivity contribution is 7.99. The minimum atomic E-state index is 0.361. The fourth-order valence-electron chi connectivity index (χ4n) is 0.939. The van der Waals surface area contributed by atoms with E-state index in [0.717, 1.165) is 18.7 Å². The maximum absolute atomic E-state index is 5.01. The van der Waals surface area contributed by atoms with Gasteiger partial charge in [-0.15, -0.1) is 0 Å². The topological polar surface area (TPSA) is 59.9 Å².